The average molecular weight is 331 g/mol. The third-order valence-electron chi connectivity index (χ3n) is 2.90. The number of hydrogen-bond acceptors (Lipinski definition) is 3. The number of aromatic nitrogens is 2. The highest BCUT2D eigenvalue weighted by molar-refractivity contribution is 9.10. The largest absolute Gasteiger partial charge is 0.312 e. The number of likely N-dealkylation sites (N-methyl/N-ethyl adjacent to an activating group) is 1. The molecule has 1 aromatic rings. The molecule has 0 bridgehead atoms. The molecule has 0 aliphatic rings. The van der Waals surface area contributed by atoms with Gasteiger partial charge in [0.25, 0.3) is 0 Å². The Morgan fingerprint density at radius 1 is 1.37 bits per heavy atom. The molecule has 0 aliphatic heterocycles. The summed E-state index contributed by atoms with van der Waals surface area (Å²) in [5, 5.41) is 7.96. The monoisotopic (exact) mass is 330 g/mol. The molecule has 4 nitrogen and oxygen atoms in total. The zero-order chi connectivity index (χ0) is 14.5. The predicted octanol–water partition coefficient (Wildman–Crippen LogP) is 2.53. The molecule has 0 aliphatic carbocycles. The Balaban J connectivity index is 2.46. The van der Waals surface area contributed by atoms with Crippen molar-refractivity contribution in [1.82, 2.24) is 20.0 Å². The smallest absolute Gasteiger partial charge is 0.0635 e. The van der Waals surface area contributed by atoms with E-state index in [1.54, 1.807) is 0 Å². The van der Waals surface area contributed by atoms with Gasteiger partial charge in [0.1, 0.15) is 0 Å². The molecule has 0 aromatic carbocycles. The standard InChI is InChI=1S/C14H27BrN4/c1-14(2,3)16-8-6-7-13-12(15)11-17-19(13)10-9-18(4)5/h11,16H,6-10H2,1-5H3. The minimum absolute atomic E-state index is 0.197. The molecular weight excluding hydrogens is 304 g/mol. The zero-order valence-electron chi connectivity index (χ0n) is 12.8. The van der Waals surface area contributed by atoms with E-state index in [0.29, 0.717) is 0 Å². The Morgan fingerprint density at radius 3 is 2.63 bits per heavy atom. The summed E-state index contributed by atoms with van der Waals surface area (Å²) in [4.78, 5) is 2.18. The van der Waals surface area contributed by atoms with Gasteiger partial charge in [0.05, 0.1) is 22.9 Å². The Hall–Kier alpha value is -0.390. The van der Waals surface area contributed by atoms with Crippen LogP contribution in [0.2, 0.25) is 0 Å². The second kappa shape index (κ2) is 7.41. The molecular formula is C14H27BrN4. The van der Waals surface area contributed by atoms with Crippen molar-refractivity contribution < 1.29 is 0 Å². The van der Waals surface area contributed by atoms with Crippen LogP contribution in [0, 0.1) is 0 Å². The molecule has 0 amide bonds. The van der Waals surface area contributed by atoms with Gasteiger partial charge in [0.15, 0.2) is 0 Å². The summed E-state index contributed by atoms with van der Waals surface area (Å²) in [6.45, 7) is 9.59. The minimum atomic E-state index is 0.197. The molecule has 0 saturated carbocycles. The highest BCUT2D eigenvalue weighted by atomic mass is 79.9. The van der Waals surface area contributed by atoms with Gasteiger partial charge in [-0.25, -0.2) is 0 Å². The first kappa shape index (κ1) is 16.7. The third-order valence-corrected chi connectivity index (χ3v) is 3.56. The topological polar surface area (TPSA) is 33.1 Å². The van der Waals surface area contributed by atoms with E-state index >= 15 is 0 Å². The van der Waals surface area contributed by atoms with Crippen LogP contribution in [0.4, 0.5) is 0 Å². The van der Waals surface area contributed by atoms with Gasteiger partial charge >= 0.3 is 0 Å². The lowest BCUT2D eigenvalue weighted by Gasteiger charge is -2.20. The average Bonchev–Trinajstić information content (AvgIpc) is 2.62. The number of rotatable bonds is 7. The van der Waals surface area contributed by atoms with E-state index < -0.39 is 0 Å². The van der Waals surface area contributed by atoms with Gasteiger partial charge < -0.3 is 10.2 Å². The van der Waals surface area contributed by atoms with E-state index in [4.69, 9.17) is 0 Å². The lowest BCUT2D eigenvalue weighted by atomic mass is 10.1. The van der Waals surface area contributed by atoms with Gasteiger partial charge in [0, 0.05) is 12.1 Å². The van der Waals surface area contributed by atoms with Crippen molar-refractivity contribution >= 4 is 15.9 Å². The van der Waals surface area contributed by atoms with Gasteiger partial charge in [-0.3, -0.25) is 4.68 Å². The Kier molecular flexibility index (Phi) is 6.50. The van der Waals surface area contributed by atoms with Crippen LogP contribution in [0.3, 0.4) is 0 Å². The Bertz CT molecular complexity index is 379. The fourth-order valence-corrected chi connectivity index (χ4v) is 2.34. The van der Waals surface area contributed by atoms with Crippen molar-refractivity contribution in [1.29, 1.82) is 0 Å². The van der Waals surface area contributed by atoms with E-state index in [9.17, 15) is 0 Å². The van der Waals surface area contributed by atoms with E-state index in [0.717, 1.165) is 36.9 Å². The molecule has 0 spiro atoms. The van der Waals surface area contributed by atoms with Gasteiger partial charge in [-0.15, -0.1) is 0 Å². The van der Waals surface area contributed by atoms with Crippen LogP contribution in [-0.4, -0.2) is 47.4 Å². The van der Waals surface area contributed by atoms with E-state index in [1.165, 1.54) is 5.69 Å². The first-order valence-corrected chi connectivity index (χ1v) is 7.69. The number of hydrogen-bond donors (Lipinski definition) is 1. The third kappa shape index (κ3) is 6.54. The molecule has 1 heterocycles. The summed E-state index contributed by atoms with van der Waals surface area (Å²) < 4.78 is 3.24. The maximum atomic E-state index is 4.44. The van der Waals surface area contributed by atoms with E-state index in [-0.39, 0.29) is 5.54 Å². The summed E-state index contributed by atoms with van der Waals surface area (Å²) >= 11 is 3.60. The van der Waals surface area contributed by atoms with Crippen LogP contribution < -0.4 is 5.32 Å². The summed E-state index contributed by atoms with van der Waals surface area (Å²) in [7, 11) is 4.18. The summed E-state index contributed by atoms with van der Waals surface area (Å²) in [6.07, 6.45) is 4.09. The van der Waals surface area contributed by atoms with Crippen molar-refractivity contribution in [3.63, 3.8) is 0 Å². The SMILES string of the molecule is CN(C)CCn1ncc(Br)c1CCCNC(C)(C)C. The highest BCUT2D eigenvalue weighted by Crippen LogP contribution is 2.17. The molecule has 0 radical (unpaired) electrons. The first-order chi connectivity index (χ1) is 8.79. The van der Waals surface area contributed by atoms with Crippen LogP contribution in [0.1, 0.15) is 32.9 Å². The molecule has 1 aromatic heterocycles. The van der Waals surface area contributed by atoms with E-state index in [1.807, 2.05) is 6.20 Å². The van der Waals surface area contributed by atoms with Gasteiger partial charge in [-0.2, -0.15) is 5.10 Å². The van der Waals surface area contributed by atoms with Gasteiger partial charge in [-0.1, -0.05) is 0 Å². The number of nitrogens with one attached hydrogen (secondary N) is 1. The molecule has 19 heavy (non-hydrogen) atoms. The van der Waals surface area contributed by atoms with Crippen LogP contribution in [-0.2, 0) is 13.0 Å². The fraction of sp³-hybridized carbons (Fsp3) is 0.786. The second-order valence-corrected chi connectivity index (χ2v) is 7.10. The van der Waals surface area contributed by atoms with Gasteiger partial charge in [0.2, 0.25) is 0 Å². The maximum Gasteiger partial charge on any atom is 0.0635 e. The molecule has 0 saturated heterocycles. The van der Waals surface area contributed by atoms with Crippen LogP contribution in [0.15, 0.2) is 10.7 Å². The van der Waals surface area contributed by atoms with Crippen LogP contribution in [0.5, 0.6) is 0 Å². The minimum Gasteiger partial charge on any atom is -0.312 e. The van der Waals surface area contributed by atoms with Crippen molar-refractivity contribution in [3.05, 3.63) is 16.4 Å². The molecule has 0 atom stereocenters. The van der Waals surface area contributed by atoms with Crippen LogP contribution >= 0.6 is 15.9 Å². The van der Waals surface area contributed by atoms with Crippen molar-refractivity contribution in [2.24, 2.45) is 0 Å². The number of halogens is 1. The summed E-state index contributed by atoms with van der Waals surface area (Å²) in [5.74, 6) is 0. The highest BCUT2D eigenvalue weighted by Gasteiger charge is 2.11. The molecule has 0 fully saturated rings. The quantitative estimate of drug-likeness (QED) is 0.780. The van der Waals surface area contributed by atoms with Gasteiger partial charge in [-0.05, 0) is 70.2 Å². The molecule has 0 unspecified atom stereocenters. The lowest BCUT2D eigenvalue weighted by molar-refractivity contribution is 0.368. The summed E-state index contributed by atoms with van der Waals surface area (Å²) in [6, 6.07) is 0. The Labute approximate surface area is 125 Å². The van der Waals surface area contributed by atoms with E-state index in [2.05, 4.69) is 70.8 Å². The second-order valence-electron chi connectivity index (χ2n) is 6.25. The van der Waals surface area contributed by atoms with Crippen LogP contribution in [0.25, 0.3) is 0 Å². The van der Waals surface area contributed by atoms with Crippen molar-refractivity contribution in [2.75, 3.05) is 27.2 Å². The zero-order valence-corrected chi connectivity index (χ0v) is 14.4. The maximum absolute atomic E-state index is 4.44. The fourth-order valence-electron chi connectivity index (χ4n) is 1.84. The van der Waals surface area contributed by atoms with Crippen molar-refractivity contribution in [2.45, 2.75) is 45.7 Å². The Morgan fingerprint density at radius 2 is 2.05 bits per heavy atom. The molecule has 5 heteroatoms. The molecule has 1 N–H and O–H groups in total. The first-order valence-electron chi connectivity index (χ1n) is 6.89. The molecule has 1 rings (SSSR count). The van der Waals surface area contributed by atoms with Crippen molar-refractivity contribution in [3.8, 4) is 0 Å². The predicted molar refractivity (Wildman–Crippen MR) is 84.6 cm³/mol. The molecule has 110 valence electrons. The normalized spacial score (nSPS) is 12.4. The lowest BCUT2D eigenvalue weighted by Crippen LogP contribution is -2.36. The summed E-state index contributed by atoms with van der Waals surface area (Å²) in [5.41, 5.74) is 1.50. The number of nitrogens with zero attached hydrogens (tertiary/aromatic N) is 3.